The first kappa shape index (κ1) is 26.5. The van der Waals surface area contributed by atoms with Crippen LogP contribution < -0.4 is 0 Å². The summed E-state index contributed by atoms with van der Waals surface area (Å²) in [4.78, 5) is 0. The second kappa shape index (κ2) is 11.4. The molecule has 1 aromatic heterocycles. The number of hydrogen-bond acceptors (Lipinski definition) is 2. The van der Waals surface area contributed by atoms with Crippen molar-refractivity contribution in [3.63, 3.8) is 0 Å². The van der Waals surface area contributed by atoms with Crippen molar-refractivity contribution >= 4 is 27.5 Å². The monoisotopic (exact) mass is 508 g/mol. The molecule has 4 aromatic rings. The number of rotatable bonds is 12. The maximum absolute atomic E-state index is 9.41. The normalized spacial score (nSPS) is 14.4. The third kappa shape index (κ3) is 4.44. The Bertz CT molecular complexity index is 1450. The summed E-state index contributed by atoms with van der Waals surface area (Å²) in [7, 11) is 0. The predicted molar refractivity (Wildman–Crippen MR) is 163 cm³/mol. The van der Waals surface area contributed by atoms with Crippen LogP contribution in [0.15, 0.2) is 59.8 Å². The topological polar surface area (TPSA) is 37.5 Å². The van der Waals surface area contributed by atoms with Crippen LogP contribution >= 0.6 is 0 Å². The summed E-state index contributed by atoms with van der Waals surface area (Å²) in [5.74, 6) is 0. The van der Waals surface area contributed by atoms with Gasteiger partial charge in [0, 0.05) is 33.8 Å². The minimum atomic E-state index is 0.0991. The Hall–Kier alpha value is -3.07. The van der Waals surface area contributed by atoms with Gasteiger partial charge in [0.15, 0.2) is 0 Å². The van der Waals surface area contributed by atoms with Gasteiger partial charge in [-0.05, 0) is 78.8 Å². The number of hydrogen-bond donors (Lipinski definition) is 1. The maximum Gasteiger partial charge on any atom is 0.0837 e. The standard InChI is InChI=1S/C35H44N2O/c1-5-8-10-14-20-35(21-15-11-9-6-2)31-17-13-12-16-27(31)28-23-30-29-22-26(25(4)36-38)18-19-33(29)37(7-3)34(30)24-32(28)35/h12-13,16-19,22-24,38H,5-11,14-15,20-21H2,1-4H3/b36-25+. The summed E-state index contributed by atoms with van der Waals surface area (Å²) in [6.07, 6.45) is 12.9. The average molecular weight is 509 g/mol. The van der Waals surface area contributed by atoms with Crippen LogP contribution in [0.1, 0.15) is 109 Å². The Balaban J connectivity index is 1.74. The quantitative estimate of drug-likeness (QED) is 0.0878. The molecule has 5 rings (SSSR count). The summed E-state index contributed by atoms with van der Waals surface area (Å²) in [6.45, 7) is 9.65. The highest BCUT2D eigenvalue weighted by Gasteiger charge is 2.42. The van der Waals surface area contributed by atoms with Gasteiger partial charge < -0.3 is 9.77 Å². The van der Waals surface area contributed by atoms with Crippen molar-refractivity contribution in [1.82, 2.24) is 4.57 Å². The third-order valence-corrected chi connectivity index (χ3v) is 9.05. The molecule has 38 heavy (non-hydrogen) atoms. The van der Waals surface area contributed by atoms with Crippen LogP contribution in [0.2, 0.25) is 0 Å². The molecule has 0 aliphatic heterocycles. The summed E-state index contributed by atoms with van der Waals surface area (Å²) >= 11 is 0. The van der Waals surface area contributed by atoms with E-state index in [0.717, 1.165) is 12.1 Å². The van der Waals surface area contributed by atoms with E-state index >= 15 is 0 Å². The largest absolute Gasteiger partial charge is 0.411 e. The summed E-state index contributed by atoms with van der Waals surface area (Å²) < 4.78 is 2.47. The van der Waals surface area contributed by atoms with E-state index in [-0.39, 0.29) is 5.41 Å². The molecule has 0 unspecified atom stereocenters. The van der Waals surface area contributed by atoms with Crippen molar-refractivity contribution in [3.05, 3.63) is 71.3 Å². The number of aromatic nitrogens is 1. The Morgan fingerprint density at radius 1 is 0.737 bits per heavy atom. The van der Waals surface area contributed by atoms with Gasteiger partial charge in [-0.1, -0.05) is 101 Å². The smallest absolute Gasteiger partial charge is 0.0837 e. The average Bonchev–Trinajstić information content (AvgIpc) is 3.41. The molecule has 0 bridgehead atoms. The highest BCUT2D eigenvalue weighted by Crippen LogP contribution is 2.55. The second-order valence-electron chi connectivity index (χ2n) is 11.3. The van der Waals surface area contributed by atoms with E-state index in [1.165, 1.54) is 97.1 Å². The first-order valence-corrected chi connectivity index (χ1v) is 15.0. The van der Waals surface area contributed by atoms with Crippen molar-refractivity contribution in [1.29, 1.82) is 0 Å². The molecule has 0 saturated carbocycles. The molecule has 0 radical (unpaired) electrons. The van der Waals surface area contributed by atoms with E-state index < -0.39 is 0 Å². The summed E-state index contributed by atoms with van der Waals surface area (Å²) in [5, 5.41) is 15.4. The lowest BCUT2D eigenvalue weighted by molar-refractivity contribution is 0.319. The molecule has 0 saturated heterocycles. The molecule has 3 nitrogen and oxygen atoms in total. The zero-order valence-electron chi connectivity index (χ0n) is 23.8. The molecule has 0 atom stereocenters. The van der Waals surface area contributed by atoms with Gasteiger partial charge in [0.1, 0.15) is 0 Å². The Kier molecular flexibility index (Phi) is 7.93. The number of benzene rings is 3. The van der Waals surface area contributed by atoms with Crippen LogP contribution in [0, 0.1) is 0 Å². The molecule has 1 N–H and O–H groups in total. The number of aryl methyl sites for hydroxylation is 1. The third-order valence-electron chi connectivity index (χ3n) is 9.05. The zero-order valence-corrected chi connectivity index (χ0v) is 23.8. The van der Waals surface area contributed by atoms with Crippen LogP contribution in [0.5, 0.6) is 0 Å². The molecule has 1 aliphatic rings. The molecule has 3 aromatic carbocycles. The second-order valence-corrected chi connectivity index (χ2v) is 11.3. The molecule has 3 heteroatoms. The molecule has 200 valence electrons. The Morgan fingerprint density at radius 3 is 2.08 bits per heavy atom. The highest BCUT2D eigenvalue weighted by molar-refractivity contribution is 6.13. The van der Waals surface area contributed by atoms with E-state index in [4.69, 9.17) is 0 Å². The number of oxime groups is 1. The molecule has 1 aliphatic carbocycles. The van der Waals surface area contributed by atoms with Gasteiger partial charge >= 0.3 is 0 Å². The van der Waals surface area contributed by atoms with Crippen LogP contribution in [-0.4, -0.2) is 15.5 Å². The fraction of sp³-hybridized carbons (Fsp3) is 0.457. The van der Waals surface area contributed by atoms with Crippen molar-refractivity contribution in [2.24, 2.45) is 5.16 Å². The van der Waals surface area contributed by atoms with E-state index in [2.05, 4.69) is 85.1 Å². The van der Waals surface area contributed by atoms with E-state index in [0.29, 0.717) is 5.71 Å². The highest BCUT2D eigenvalue weighted by atomic mass is 16.4. The molecule has 1 heterocycles. The van der Waals surface area contributed by atoms with Crippen LogP contribution in [-0.2, 0) is 12.0 Å². The lowest BCUT2D eigenvalue weighted by Crippen LogP contribution is -2.25. The summed E-state index contributed by atoms with van der Waals surface area (Å²) in [5.41, 5.74) is 10.2. The number of unbranched alkanes of at least 4 members (excludes halogenated alkanes) is 6. The molecular weight excluding hydrogens is 464 g/mol. The molecule has 0 fully saturated rings. The minimum absolute atomic E-state index is 0.0991. The van der Waals surface area contributed by atoms with E-state index in [9.17, 15) is 5.21 Å². The van der Waals surface area contributed by atoms with Crippen LogP contribution in [0.25, 0.3) is 32.9 Å². The van der Waals surface area contributed by atoms with E-state index in [1.807, 2.05) is 6.92 Å². The van der Waals surface area contributed by atoms with Gasteiger partial charge in [0.2, 0.25) is 0 Å². The Morgan fingerprint density at radius 2 is 1.42 bits per heavy atom. The van der Waals surface area contributed by atoms with Gasteiger partial charge in [0.25, 0.3) is 0 Å². The molecular formula is C35H44N2O. The van der Waals surface area contributed by atoms with Crippen molar-refractivity contribution in [2.45, 2.75) is 104 Å². The summed E-state index contributed by atoms with van der Waals surface area (Å²) in [6, 6.07) is 20.8. The van der Waals surface area contributed by atoms with Gasteiger partial charge in [-0.3, -0.25) is 0 Å². The first-order chi connectivity index (χ1) is 18.6. The Labute approximate surface area is 228 Å². The first-order valence-electron chi connectivity index (χ1n) is 15.0. The SMILES string of the molecule is CCCCCCC1(CCCCCC)c2ccccc2-c2cc3c4cc(/C(C)=N/O)ccc4n(CC)c3cc21. The van der Waals surface area contributed by atoms with Gasteiger partial charge in [-0.25, -0.2) is 0 Å². The maximum atomic E-state index is 9.41. The minimum Gasteiger partial charge on any atom is -0.411 e. The molecule has 0 spiro atoms. The van der Waals surface area contributed by atoms with Crippen molar-refractivity contribution < 1.29 is 5.21 Å². The van der Waals surface area contributed by atoms with Crippen molar-refractivity contribution in [3.8, 4) is 11.1 Å². The fourth-order valence-electron chi connectivity index (χ4n) is 7.04. The van der Waals surface area contributed by atoms with E-state index in [1.54, 1.807) is 11.1 Å². The fourth-order valence-corrected chi connectivity index (χ4v) is 7.04. The lowest BCUT2D eigenvalue weighted by atomic mass is 9.70. The molecule has 0 amide bonds. The zero-order chi connectivity index (χ0) is 26.7. The van der Waals surface area contributed by atoms with Gasteiger partial charge in [-0.2, -0.15) is 0 Å². The predicted octanol–water partition coefficient (Wildman–Crippen LogP) is 10.2. The van der Waals surface area contributed by atoms with Crippen LogP contribution in [0.4, 0.5) is 0 Å². The van der Waals surface area contributed by atoms with Gasteiger partial charge in [0.05, 0.1) is 5.71 Å². The van der Waals surface area contributed by atoms with Crippen molar-refractivity contribution in [2.75, 3.05) is 0 Å². The number of fused-ring (bicyclic) bond motifs is 6. The van der Waals surface area contributed by atoms with Crippen LogP contribution in [0.3, 0.4) is 0 Å². The number of nitrogens with zero attached hydrogens (tertiary/aromatic N) is 2. The van der Waals surface area contributed by atoms with Gasteiger partial charge in [-0.15, -0.1) is 0 Å². The lowest BCUT2D eigenvalue weighted by Gasteiger charge is -2.33.